The van der Waals surface area contributed by atoms with Gasteiger partial charge in [0.05, 0.1) is 6.61 Å². The number of nitrogens with zero attached hydrogens (tertiary/aromatic N) is 1. The van der Waals surface area contributed by atoms with E-state index in [-0.39, 0.29) is 6.03 Å². The van der Waals surface area contributed by atoms with Crippen LogP contribution in [0.3, 0.4) is 0 Å². The molecule has 0 atom stereocenters. The first-order valence-electron chi connectivity index (χ1n) is 9.07. The van der Waals surface area contributed by atoms with Crippen molar-refractivity contribution < 1.29 is 9.53 Å². The summed E-state index contributed by atoms with van der Waals surface area (Å²) in [6, 6.07) is 8.38. The van der Waals surface area contributed by atoms with E-state index in [0.29, 0.717) is 26.3 Å². The van der Waals surface area contributed by atoms with Crippen LogP contribution in [0.25, 0.3) is 0 Å². The highest BCUT2D eigenvalue weighted by Crippen LogP contribution is 2.18. The van der Waals surface area contributed by atoms with Crippen LogP contribution < -0.4 is 10.6 Å². The first-order valence-corrected chi connectivity index (χ1v) is 9.07. The summed E-state index contributed by atoms with van der Waals surface area (Å²) < 4.78 is 5.18. The maximum absolute atomic E-state index is 11.7. The van der Waals surface area contributed by atoms with Crippen LogP contribution in [0, 0.1) is 5.92 Å². The second kappa shape index (κ2) is 10.3. The fourth-order valence-electron chi connectivity index (χ4n) is 2.87. The Hall–Kier alpha value is -1.59. The standard InChI is InChI=1S/C19H31N3O2/c1-3-24-13-10-20-19(23)21-14-17-4-6-18(7-5-17)15-22-11-8-16(2)9-12-22/h4-7,16H,3,8-15H2,1-2H3,(H2,20,21,23). The van der Waals surface area contributed by atoms with Gasteiger partial charge in [-0.15, -0.1) is 0 Å². The van der Waals surface area contributed by atoms with Crippen molar-refractivity contribution in [3.63, 3.8) is 0 Å². The number of amides is 2. The Morgan fingerprint density at radius 1 is 1.17 bits per heavy atom. The number of carbonyl (C=O) groups excluding carboxylic acids is 1. The molecule has 24 heavy (non-hydrogen) atoms. The van der Waals surface area contributed by atoms with Crippen molar-refractivity contribution in [1.29, 1.82) is 0 Å². The smallest absolute Gasteiger partial charge is 0.315 e. The summed E-state index contributed by atoms with van der Waals surface area (Å²) >= 11 is 0. The Kier molecular flexibility index (Phi) is 8.05. The summed E-state index contributed by atoms with van der Waals surface area (Å²) in [5, 5.41) is 5.64. The molecular weight excluding hydrogens is 302 g/mol. The lowest BCUT2D eigenvalue weighted by atomic mass is 9.99. The molecule has 1 aromatic rings. The number of rotatable bonds is 8. The third-order valence-electron chi connectivity index (χ3n) is 4.49. The minimum Gasteiger partial charge on any atom is -0.380 e. The number of ether oxygens (including phenoxy) is 1. The normalized spacial score (nSPS) is 16.1. The van der Waals surface area contributed by atoms with Gasteiger partial charge < -0.3 is 15.4 Å². The highest BCUT2D eigenvalue weighted by atomic mass is 16.5. The van der Waals surface area contributed by atoms with Crippen molar-refractivity contribution in [3.05, 3.63) is 35.4 Å². The molecule has 0 aromatic heterocycles. The molecule has 2 amide bonds. The van der Waals surface area contributed by atoms with E-state index >= 15 is 0 Å². The number of nitrogens with one attached hydrogen (secondary N) is 2. The second-order valence-corrected chi connectivity index (χ2v) is 6.58. The van der Waals surface area contributed by atoms with Gasteiger partial charge in [-0.3, -0.25) is 4.90 Å². The molecule has 0 saturated carbocycles. The van der Waals surface area contributed by atoms with Crippen molar-refractivity contribution in [2.45, 2.75) is 39.8 Å². The van der Waals surface area contributed by atoms with Gasteiger partial charge in [0.1, 0.15) is 0 Å². The highest BCUT2D eigenvalue weighted by Gasteiger charge is 2.15. The fraction of sp³-hybridized carbons (Fsp3) is 0.632. The van der Waals surface area contributed by atoms with Gasteiger partial charge in [-0.25, -0.2) is 4.79 Å². The topological polar surface area (TPSA) is 53.6 Å². The van der Waals surface area contributed by atoms with Gasteiger partial charge in [-0.2, -0.15) is 0 Å². The van der Waals surface area contributed by atoms with Crippen molar-refractivity contribution in [2.24, 2.45) is 5.92 Å². The number of piperidine rings is 1. The van der Waals surface area contributed by atoms with Crippen LogP contribution >= 0.6 is 0 Å². The summed E-state index contributed by atoms with van der Waals surface area (Å²) in [4.78, 5) is 14.2. The van der Waals surface area contributed by atoms with E-state index in [1.807, 2.05) is 6.92 Å². The molecule has 0 spiro atoms. The largest absolute Gasteiger partial charge is 0.380 e. The Bertz CT molecular complexity index is 482. The van der Waals surface area contributed by atoms with Crippen LogP contribution in [0.15, 0.2) is 24.3 Å². The van der Waals surface area contributed by atoms with Crippen LogP contribution in [-0.2, 0) is 17.8 Å². The predicted octanol–water partition coefficient (Wildman–Crippen LogP) is 2.75. The van der Waals surface area contributed by atoms with Crippen molar-refractivity contribution in [3.8, 4) is 0 Å². The Morgan fingerprint density at radius 3 is 2.50 bits per heavy atom. The number of benzene rings is 1. The molecule has 1 saturated heterocycles. The molecule has 0 radical (unpaired) electrons. The van der Waals surface area contributed by atoms with E-state index < -0.39 is 0 Å². The first kappa shape index (κ1) is 18.7. The predicted molar refractivity (Wildman–Crippen MR) is 96.8 cm³/mol. The molecule has 1 heterocycles. The van der Waals surface area contributed by atoms with Gasteiger partial charge in [0.2, 0.25) is 0 Å². The summed E-state index contributed by atoms with van der Waals surface area (Å²) in [5.74, 6) is 0.870. The fourth-order valence-corrected chi connectivity index (χ4v) is 2.87. The second-order valence-electron chi connectivity index (χ2n) is 6.58. The molecule has 1 aliphatic heterocycles. The average molecular weight is 333 g/mol. The Labute approximate surface area is 145 Å². The van der Waals surface area contributed by atoms with Gasteiger partial charge in [0.25, 0.3) is 0 Å². The van der Waals surface area contributed by atoms with E-state index in [0.717, 1.165) is 18.0 Å². The lowest BCUT2D eigenvalue weighted by Crippen LogP contribution is -2.36. The van der Waals surface area contributed by atoms with Gasteiger partial charge in [-0.05, 0) is 49.9 Å². The summed E-state index contributed by atoms with van der Waals surface area (Å²) in [7, 11) is 0. The van der Waals surface area contributed by atoms with E-state index in [4.69, 9.17) is 4.74 Å². The van der Waals surface area contributed by atoms with E-state index in [9.17, 15) is 4.79 Å². The minimum absolute atomic E-state index is 0.152. The third kappa shape index (κ3) is 6.89. The molecule has 5 nitrogen and oxygen atoms in total. The van der Waals surface area contributed by atoms with Crippen LogP contribution in [0.2, 0.25) is 0 Å². The van der Waals surface area contributed by atoms with Gasteiger partial charge in [-0.1, -0.05) is 31.2 Å². The van der Waals surface area contributed by atoms with Crippen molar-refractivity contribution >= 4 is 6.03 Å². The molecule has 2 N–H and O–H groups in total. The van der Waals surface area contributed by atoms with Crippen LogP contribution in [0.1, 0.15) is 37.8 Å². The molecule has 0 aliphatic carbocycles. The van der Waals surface area contributed by atoms with Crippen LogP contribution in [0.5, 0.6) is 0 Å². The molecule has 2 rings (SSSR count). The van der Waals surface area contributed by atoms with Crippen molar-refractivity contribution in [1.82, 2.24) is 15.5 Å². The zero-order chi connectivity index (χ0) is 17.2. The third-order valence-corrected chi connectivity index (χ3v) is 4.49. The minimum atomic E-state index is -0.152. The number of hydrogen-bond donors (Lipinski definition) is 2. The van der Waals surface area contributed by atoms with Gasteiger partial charge >= 0.3 is 6.03 Å². The van der Waals surface area contributed by atoms with Crippen LogP contribution in [-0.4, -0.2) is 43.8 Å². The number of hydrogen-bond acceptors (Lipinski definition) is 3. The Balaban J connectivity index is 1.67. The lowest BCUT2D eigenvalue weighted by molar-refractivity contribution is 0.149. The molecule has 0 bridgehead atoms. The zero-order valence-electron chi connectivity index (χ0n) is 15.0. The summed E-state index contributed by atoms with van der Waals surface area (Å²) in [6.07, 6.45) is 2.61. The SMILES string of the molecule is CCOCCNC(=O)NCc1ccc(CN2CCC(C)CC2)cc1. The Morgan fingerprint density at radius 2 is 1.83 bits per heavy atom. The molecular formula is C19H31N3O2. The molecule has 134 valence electrons. The van der Waals surface area contributed by atoms with Gasteiger partial charge in [0.15, 0.2) is 0 Å². The number of urea groups is 1. The maximum atomic E-state index is 11.7. The molecule has 0 unspecified atom stereocenters. The number of carbonyl (C=O) groups is 1. The monoisotopic (exact) mass is 333 g/mol. The zero-order valence-corrected chi connectivity index (χ0v) is 15.0. The first-order chi connectivity index (χ1) is 11.7. The summed E-state index contributed by atoms with van der Waals surface area (Å²) in [5.41, 5.74) is 2.46. The van der Waals surface area contributed by atoms with E-state index in [2.05, 4.69) is 46.7 Å². The quantitative estimate of drug-likeness (QED) is 0.719. The average Bonchev–Trinajstić information content (AvgIpc) is 2.60. The molecule has 1 fully saturated rings. The maximum Gasteiger partial charge on any atom is 0.315 e. The lowest BCUT2D eigenvalue weighted by Gasteiger charge is -2.30. The molecule has 1 aliphatic rings. The van der Waals surface area contributed by atoms with E-state index in [1.165, 1.54) is 31.5 Å². The summed E-state index contributed by atoms with van der Waals surface area (Å²) in [6.45, 7) is 10.0. The van der Waals surface area contributed by atoms with E-state index in [1.54, 1.807) is 0 Å². The number of likely N-dealkylation sites (tertiary alicyclic amines) is 1. The van der Waals surface area contributed by atoms with Crippen molar-refractivity contribution in [2.75, 3.05) is 32.8 Å². The van der Waals surface area contributed by atoms with Crippen LogP contribution in [0.4, 0.5) is 4.79 Å². The molecule has 1 aromatic carbocycles. The highest BCUT2D eigenvalue weighted by molar-refractivity contribution is 5.73. The molecule has 5 heteroatoms. The van der Waals surface area contributed by atoms with Gasteiger partial charge in [0, 0.05) is 26.2 Å².